The van der Waals surface area contributed by atoms with Gasteiger partial charge in [-0.2, -0.15) is 0 Å². The van der Waals surface area contributed by atoms with Crippen molar-refractivity contribution in [2.75, 3.05) is 7.11 Å². The molecule has 0 spiro atoms. The monoisotopic (exact) mass is 205 g/mol. The van der Waals surface area contributed by atoms with Gasteiger partial charge < -0.3 is 9.26 Å². The maximum Gasteiger partial charge on any atom is 0.360 e. The van der Waals surface area contributed by atoms with Crippen molar-refractivity contribution in [3.05, 3.63) is 30.4 Å². The highest BCUT2D eigenvalue weighted by Crippen LogP contribution is 2.16. The van der Waals surface area contributed by atoms with Gasteiger partial charge in [0.05, 0.1) is 13.3 Å². The van der Waals surface area contributed by atoms with Crippen LogP contribution in [-0.4, -0.2) is 28.2 Å². The SMILES string of the molecule is COC(=O)c1cc(-c2cnccn2)on1. The molecule has 0 aromatic carbocycles. The molecule has 0 radical (unpaired) electrons. The largest absolute Gasteiger partial charge is 0.464 e. The molecule has 0 fully saturated rings. The molecule has 0 aliphatic carbocycles. The van der Waals surface area contributed by atoms with Crippen molar-refractivity contribution in [3.63, 3.8) is 0 Å². The zero-order valence-electron chi connectivity index (χ0n) is 7.88. The number of ether oxygens (including phenoxy) is 1. The molecule has 0 unspecified atom stereocenters. The molecule has 0 atom stereocenters. The van der Waals surface area contributed by atoms with Crippen LogP contribution in [0.25, 0.3) is 11.5 Å². The first-order valence-electron chi connectivity index (χ1n) is 4.12. The number of hydrogen-bond donors (Lipinski definition) is 0. The molecule has 2 aromatic heterocycles. The van der Waals surface area contributed by atoms with E-state index in [1.165, 1.54) is 25.6 Å². The van der Waals surface area contributed by atoms with Crippen molar-refractivity contribution in [1.82, 2.24) is 15.1 Å². The second-order valence-electron chi connectivity index (χ2n) is 2.66. The maximum absolute atomic E-state index is 11.1. The Morgan fingerprint density at radius 2 is 2.33 bits per heavy atom. The number of esters is 1. The van der Waals surface area contributed by atoms with Crippen LogP contribution in [-0.2, 0) is 4.74 Å². The van der Waals surface area contributed by atoms with Gasteiger partial charge in [0.25, 0.3) is 0 Å². The zero-order valence-corrected chi connectivity index (χ0v) is 7.88. The maximum atomic E-state index is 11.1. The van der Waals surface area contributed by atoms with Gasteiger partial charge in [-0.1, -0.05) is 5.16 Å². The quantitative estimate of drug-likeness (QED) is 0.678. The van der Waals surface area contributed by atoms with Gasteiger partial charge in [0.15, 0.2) is 11.5 Å². The lowest BCUT2D eigenvalue weighted by Gasteiger charge is -1.90. The molecular formula is C9H7N3O3. The van der Waals surface area contributed by atoms with Crippen LogP contribution < -0.4 is 0 Å². The molecule has 6 heteroatoms. The second kappa shape index (κ2) is 3.87. The van der Waals surface area contributed by atoms with E-state index in [4.69, 9.17) is 4.52 Å². The van der Waals surface area contributed by atoms with Crippen LogP contribution in [0.1, 0.15) is 10.5 Å². The fourth-order valence-electron chi connectivity index (χ4n) is 1.02. The number of carbonyl (C=O) groups is 1. The lowest BCUT2D eigenvalue weighted by molar-refractivity contribution is 0.0589. The van der Waals surface area contributed by atoms with E-state index in [0.29, 0.717) is 11.5 Å². The third kappa shape index (κ3) is 1.83. The Kier molecular flexibility index (Phi) is 2.40. The molecule has 2 rings (SSSR count). The molecule has 0 saturated heterocycles. The van der Waals surface area contributed by atoms with E-state index in [2.05, 4.69) is 19.9 Å². The van der Waals surface area contributed by atoms with Crippen molar-refractivity contribution >= 4 is 5.97 Å². The molecule has 0 aliphatic rings. The molecule has 15 heavy (non-hydrogen) atoms. The summed E-state index contributed by atoms with van der Waals surface area (Å²) < 4.78 is 9.41. The Hall–Kier alpha value is -2.24. The molecule has 0 saturated carbocycles. The summed E-state index contributed by atoms with van der Waals surface area (Å²) in [4.78, 5) is 18.9. The molecule has 0 aliphatic heterocycles. The lowest BCUT2D eigenvalue weighted by atomic mass is 10.3. The summed E-state index contributed by atoms with van der Waals surface area (Å²) in [6, 6.07) is 1.45. The number of hydrogen-bond acceptors (Lipinski definition) is 6. The van der Waals surface area contributed by atoms with E-state index in [-0.39, 0.29) is 5.69 Å². The minimum Gasteiger partial charge on any atom is -0.464 e. The Balaban J connectivity index is 2.32. The van der Waals surface area contributed by atoms with E-state index in [1.807, 2.05) is 0 Å². The van der Waals surface area contributed by atoms with Crippen molar-refractivity contribution in [1.29, 1.82) is 0 Å². The summed E-state index contributed by atoms with van der Waals surface area (Å²) in [5.74, 6) is -0.169. The third-order valence-electron chi connectivity index (χ3n) is 1.72. The lowest BCUT2D eigenvalue weighted by Crippen LogP contribution is -2.00. The molecule has 0 bridgehead atoms. The van der Waals surface area contributed by atoms with Gasteiger partial charge in [0.1, 0.15) is 5.69 Å². The highest BCUT2D eigenvalue weighted by Gasteiger charge is 2.14. The molecule has 2 aromatic rings. The van der Waals surface area contributed by atoms with Gasteiger partial charge in [-0.05, 0) is 0 Å². The summed E-state index contributed by atoms with van der Waals surface area (Å²) in [7, 11) is 1.28. The summed E-state index contributed by atoms with van der Waals surface area (Å²) >= 11 is 0. The summed E-state index contributed by atoms with van der Waals surface area (Å²) in [5, 5.41) is 3.55. The van der Waals surface area contributed by atoms with Crippen molar-refractivity contribution < 1.29 is 14.1 Å². The first-order chi connectivity index (χ1) is 7.31. The van der Waals surface area contributed by atoms with Gasteiger partial charge in [0.2, 0.25) is 0 Å². The predicted octanol–water partition coefficient (Wildman–Crippen LogP) is 0.918. The first-order valence-corrected chi connectivity index (χ1v) is 4.12. The van der Waals surface area contributed by atoms with Gasteiger partial charge >= 0.3 is 5.97 Å². The predicted molar refractivity (Wildman–Crippen MR) is 48.9 cm³/mol. The van der Waals surface area contributed by atoms with Crippen LogP contribution in [0.3, 0.4) is 0 Å². The van der Waals surface area contributed by atoms with Crippen LogP contribution in [0.2, 0.25) is 0 Å². The average molecular weight is 205 g/mol. The molecular weight excluding hydrogens is 198 g/mol. The Labute approximate surface area is 84.9 Å². The van der Waals surface area contributed by atoms with Crippen molar-refractivity contribution in [2.24, 2.45) is 0 Å². The van der Waals surface area contributed by atoms with E-state index >= 15 is 0 Å². The highest BCUT2D eigenvalue weighted by atomic mass is 16.5. The third-order valence-corrected chi connectivity index (χ3v) is 1.72. The fraction of sp³-hybridized carbons (Fsp3) is 0.111. The minimum atomic E-state index is -0.547. The average Bonchev–Trinajstić information content (AvgIpc) is 2.78. The summed E-state index contributed by atoms with van der Waals surface area (Å²) in [6.07, 6.45) is 4.58. The van der Waals surface area contributed by atoms with Gasteiger partial charge in [-0.15, -0.1) is 0 Å². The number of methoxy groups -OCH3 is 1. The Morgan fingerprint density at radius 1 is 1.47 bits per heavy atom. The second-order valence-corrected chi connectivity index (χ2v) is 2.66. The van der Waals surface area contributed by atoms with Crippen molar-refractivity contribution in [3.8, 4) is 11.5 Å². The number of rotatable bonds is 2. The molecule has 0 N–H and O–H groups in total. The first kappa shape index (κ1) is 9.32. The van der Waals surface area contributed by atoms with E-state index in [1.54, 1.807) is 6.20 Å². The zero-order chi connectivity index (χ0) is 10.7. The smallest absolute Gasteiger partial charge is 0.360 e. The van der Waals surface area contributed by atoms with Gasteiger partial charge in [-0.25, -0.2) is 9.78 Å². The van der Waals surface area contributed by atoms with Gasteiger partial charge in [-0.3, -0.25) is 4.98 Å². The topological polar surface area (TPSA) is 78.1 Å². The standard InChI is InChI=1S/C9H7N3O3/c1-14-9(13)6-4-8(15-12-6)7-5-10-2-3-11-7/h2-5H,1H3. The van der Waals surface area contributed by atoms with E-state index in [9.17, 15) is 4.79 Å². The minimum absolute atomic E-state index is 0.109. The van der Waals surface area contributed by atoms with Gasteiger partial charge in [0, 0.05) is 18.5 Å². The van der Waals surface area contributed by atoms with Crippen LogP contribution in [0.15, 0.2) is 29.2 Å². The number of carbonyl (C=O) groups excluding carboxylic acids is 1. The Morgan fingerprint density at radius 3 is 3.00 bits per heavy atom. The normalized spacial score (nSPS) is 9.93. The summed E-state index contributed by atoms with van der Waals surface area (Å²) in [6.45, 7) is 0. The number of nitrogens with zero attached hydrogens (tertiary/aromatic N) is 3. The molecule has 6 nitrogen and oxygen atoms in total. The fourth-order valence-corrected chi connectivity index (χ4v) is 1.02. The molecule has 0 amide bonds. The molecule has 76 valence electrons. The summed E-state index contributed by atoms with van der Waals surface area (Å²) in [5.41, 5.74) is 0.623. The van der Waals surface area contributed by atoms with Crippen molar-refractivity contribution in [2.45, 2.75) is 0 Å². The van der Waals surface area contributed by atoms with Crippen LogP contribution in [0.5, 0.6) is 0 Å². The van der Waals surface area contributed by atoms with Crippen LogP contribution in [0.4, 0.5) is 0 Å². The van der Waals surface area contributed by atoms with E-state index < -0.39 is 5.97 Å². The van der Waals surface area contributed by atoms with E-state index in [0.717, 1.165) is 0 Å². The highest BCUT2D eigenvalue weighted by molar-refractivity contribution is 5.87. The molecule has 2 heterocycles. The number of aromatic nitrogens is 3. The Bertz CT molecular complexity index is 466. The van der Waals surface area contributed by atoms with Crippen LogP contribution in [0, 0.1) is 0 Å². The van der Waals surface area contributed by atoms with Crippen LogP contribution >= 0.6 is 0 Å².